The van der Waals surface area contributed by atoms with Crippen molar-refractivity contribution in [1.82, 2.24) is 10.3 Å². The number of carbonyl (C=O) groups excluding carboxylic acids is 2. The van der Waals surface area contributed by atoms with Gasteiger partial charge in [-0.25, -0.2) is 0 Å². The lowest BCUT2D eigenvalue weighted by Crippen LogP contribution is -2.31. The van der Waals surface area contributed by atoms with Crippen LogP contribution in [0.5, 0.6) is 5.75 Å². The zero-order chi connectivity index (χ0) is 20.1. The van der Waals surface area contributed by atoms with Crippen molar-refractivity contribution in [2.75, 3.05) is 18.5 Å². The van der Waals surface area contributed by atoms with E-state index in [4.69, 9.17) is 9.15 Å². The van der Waals surface area contributed by atoms with E-state index in [0.717, 1.165) is 36.0 Å². The summed E-state index contributed by atoms with van der Waals surface area (Å²) in [5, 5.41) is 6.49. The van der Waals surface area contributed by atoms with Gasteiger partial charge in [0, 0.05) is 36.5 Å². The molecule has 0 saturated heterocycles. The Morgan fingerprint density at radius 2 is 2.03 bits per heavy atom. The molecule has 0 atom stereocenters. The summed E-state index contributed by atoms with van der Waals surface area (Å²) in [5.74, 6) is 1.25. The maximum Gasteiger partial charge on any atom is 0.257 e. The van der Waals surface area contributed by atoms with Gasteiger partial charge >= 0.3 is 0 Å². The Morgan fingerprint density at radius 1 is 1.14 bits per heavy atom. The highest BCUT2D eigenvalue weighted by atomic mass is 16.5. The van der Waals surface area contributed by atoms with Crippen LogP contribution in [0.3, 0.4) is 0 Å². The maximum atomic E-state index is 12.0. The van der Waals surface area contributed by atoms with E-state index in [9.17, 15) is 9.59 Å². The van der Waals surface area contributed by atoms with Crippen LogP contribution in [0.25, 0.3) is 11.0 Å². The van der Waals surface area contributed by atoms with E-state index in [-0.39, 0.29) is 31.4 Å². The normalized spacial score (nSPS) is 13.0. The molecule has 150 valence electrons. The molecule has 1 aromatic carbocycles. The molecule has 1 aliphatic rings. The molecule has 1 aliphatic carbocycles. The third-order valence-electron chi connectivity index (χ3n) is 4.92. The molecule has 0 saturated carbocycles. The summed E-state index contributed by atoms with van der Waals surface area (Å²) < 4.78 is 11.5. The fourth-order valence-corrected chi connectivity index (χ4v) is 3.51. The van der Waals surface area contributed by atoms with Crippen LogP contribution in [0, 0.1) is 0 Å². The summed E-state index contributed by atoms with van der Waals surface area (Å²) in [5.41, 5.74) is 2.76. The number of ether oxygens (including phenoxy) is 1. The first-order valence-electron chi connectivity index (χ1n) is 9.83. The number of nitrogens with zero attached hydrogens (tertiary/aromatic N) is 1. The summed E-state index contributed by atoms with van der Waals surface area (Å²) in [7, 11) is 0. The fraction of sp³-hybridized carbons (Fsp3) is 0.318. The number of nitrogens with one attached hydrogen (secondary N) is 2. The van der Waals surface area contributed by atoms with E-state index in [1.165, 1.54) is 12.0 Å². The van der Waals surface area contributed by atoms with Crippen molar-refractivity contribution in [3.63, 3.8) is 0 Å². The second-order valence-corrected chi connectivity index (χ2v) is 7.05. The number of pyridine rings is 1. The van der Waals surface area contributed by atoms with Gasteiger partial charge in [-0.05, 0) is 49.6 Å². The van der Waals surface area contributed by atoms with E-state index in [2.05, 4.69) is 15.6 Å². The number of carbonyl (C=O) groups is 2. The summed E-state index contributed by atoms with van der Waals surface area (Å²) in [6.07, 6.45) is 7.71. The van der Waals surface area contributed by atoms with Crippen LogP contribution < -0.4 is 15.4 Å². The van der Waals surface area contributed by atoms with Gasteiger partial charge in [0.1, 0.15) is 17.1 Å². The Labute approximate surface area is 168 Å². The number of hydrogen-bond acceptors (Lipinski definition) is 5. The monoisotopic (exact) mass is 393 g/mol. The van der Waals surface area contributed by atoms with Crippen LogP contribution in [0.4, 0.5) is 5.69 Å². The Hall–Kier alpha value is -3.35. The lowest BCUT2D eigenvalue weighted by Gasteiger charge is -2.09. The zero-order valence-electron chi connectivity index (χ0n) is 16.1. The third kappa shape index (κ3) is 4.74. The first-order chi connectivity index (χ1) is 14.2. The van der Waals surface area contributed by atoms with Gasteiger partial charge in [0.15, 0.2) is 6.61 Å². The molecular weight excluding hydrogens is 370 g/mol. The number of rotatable bonds is 7. The fourth-order valence-electron chi connectivity index (χ4n) is 3.51. The molecule has 0 aliphatic heterocycles. The van der Waals surface area contributed by atoms with Gasteiger partial charge in [-0.2, -0.15) is 0 Å². The minimum atomic E-state index is -0.270. The highest BCUT2D eigenvalue weighted by molar-refractivity contribution is 5.91. The molecule has 0 spiro atoms. The van der Waals surface area contributed by atoms with Gasteiger partial charge in [0.25, 0.3) is 5.91 Å². The van der Waals surface area contributed by atoms with Gasteiger partial charge in [-0.3, -0.25) is 14.6 Å². The molecule has 7 heteroatoms. The molecule has 7 nitrogen and oxygen atoms in total. The molecule has 2 amide bonds. The minimum absolute atomic E-state index is 0.101. The molecule has 2 aromatic heterocycles. The topological polar surface area (TPSA) is 93.5 Å². The van der Waals surface area contributed by atoms with Crippen LogP contribution in [-0.2, 0) is 22.4 Å². The lowest BCUT2D eigenvalue weighted by molar-refractivity contribution is -0.123. The SMILES string of the molecule is O=C(COc1ccc2oc3c(c2c1)CCCC3)NCCC(=O)Nc1cccnc1. The highest BCUT2D eigenvalue weighted by Gasteiger charge is 2.18. The molecule has 0 bridgehead atoms. The molecule has 0 unspecified atom stereocenters. The molecule has 29 heavy (non-hydrogen) atoms. The van der Waals surface area contributed by atoms with Crippen LogP contribution in [0.1, 0.15) is 30.6 Å². The van der Waals surface area contributed by atoms with E-state index >= 15 is 0 Å². The summed E-state index contributed by atoms with van der Waals surface area (Å²) >= 11 is 0. The zero-order valence-corrected chi connectivity index (χ0v) is 16.1. The Kier molecular flexibility index (Phi) is 5.74. The summed E-state index contributed by atoms with van der Waals surface area (Å²) in [4.78, 5) is 27.8. The summed E-state index contributed by atoms with van der Waals surface area (Å²) in [6, 6.07) is 9.14. The Bertz CT molecular complexity index is 1010. The molecule has 3 aromatic rings. The first-order valence-corrected chi connectivity index (χ1v) is 9.83. The van der Waals surface area contributed by atoms with Crippen molar-refractivity contribution >= 4 is 28.5 Å². The van der Waals surface area contributed by atoms with E-state index in [1.807, 2.05) is 18.2 Å². The molecule has 0 radical (unpaired) electrons. The lowest BCUT2D eigenvalue weighted by atomic mass is 9.96. The molecule has 0 fully saturated rings. The summed E-state index contributed by atoms with van der Waals surface area (Å²) in [6.45, 7) is 0.137. The molecule has 2 N–H and O–H groups in total. The predicted molar refractivity (Wildman–Crippen MR) is 109 cm³/mol. The maximum absolute atomic E-state index is 12.0. The van der Waals surface area contributed by atoms with Crippen molar-refractivity contribution in [2.45, 2.75) is 32.1 Å². The van der Waals surface area contributed by atoms with Crippen molar-refractivity contribution in [1.29, 1.82) is 0 Å². The van der Waals surface area contributed by atoms with Gasteiger partial charge in [-0.1, -0.05) is 0 Å². The second kappa shape index (κ2) is 8.77. The number of anilines is 1. The third-order valence-corrected chi connectivity index (χ3v) is 4.92. The standard InChI is InChI=1S/C22H23N3O4/c26-21(25-15-4-3-10-23-13-15)9-11-24-22(27)14-28-16-7-8-20-18(12-16)17-5-1-2-6-19(17)29-20/h3-4,7-8,10,12-13H,1-2,5-6,9,11,14H2,(H,24,27)(H,25,26). The molecule has 2 heterocycles. The van der Waals surface area contributed by atoms with Crippen molar-refractivity contribution < 1.29 is 18.7 Å². The van der Waals surface area contributed by atoms with Crippen LogP contribution in [-0.4, -0.2) is 29.9 Å². The van der Waals surface area contributed by atoms with Crippen LogP contribution in [0.2, 0.25) is 0 Å². The molecular formula is C22H23N3O4. The van der Waals surface area contributed by atoms with E-state index in [0.29, 0.717) is 11.4 Å². The Balaban J connectivity index is 1.24. The smallest absolute Gasteiger partial charge is 0.257 e. The number of amides is 2. The van der Waals surface area contributed by atoms with Crippen LogP contribution >= 0.6 is 0 Å². The number of aryl methyl sites for hydroxylation is 2. The van der Waals surface area contributed by atoms with Crippen molar-refractivity contribution in [3.05, 3.63) is 54.0 Å². The van der Waals surface area contributed by atoms with Gasteiger partial charge in [-0.15, -0.1) is 0 Å². The van der Waals surface area contributed by atoms with Crippen molar-refractivity contribution in [3.8, 4) is 5.75 Å². The molecule has 4 rings (SSSR count). The van der Waals surface area contributed by atoms with Gasteiger partial charge in [0.05, 0.1) is 11.9 Å². The largest absolute Gasteiger partial charge is 0.484 e. The second-order valence-electron chi connectivity index (χ2n) is 7.05. The number of furan rings is 1. The number of hydrogen-bond donors (Lipinski definition) is 2. The first kappa shape index (κ1) is 19.0. The van der Waals surface area contributed by atoms with E-state index in [1.54, 1.807) is 24.5 Å². The predicted octanol–water partition coefficient (Wildman–Crippen LogP) is 3.23. The van der Waals surface area contributed by atoms with Crippen LogP contribution in [0.15, 0.2) is 47.1 Å². The average Bonchev–Trinajstić information content (AvgIpc) is 3.11. The highest BCUT2D eigenvalue weighted by Crippen LogP contribution is 2.33. The number of benzene rings is 1. The van der Waals surface area contributed by atoms with Gasteiger partial charge < -0.3 is 19.8 Å². The van der Waals surface area contributed by atoms with Gasteiger partial charge in [0.2, 0.25) is 5.91 Å². The van der Waals surface area contributed by atoms with Crippen molar-refractivity contribution in [2.24, 2.45) is 0 Å². The minimum Gasteiger partial charge on any atom is -0.484 e. The quantitative estimate of drug-likeness (QED) is 0.643. The average molecular weight is 393 g/mol. The van der Waals surface area contributed by atoms with E-state index < -0.39 is 0 Å². The Morgan fingerprint density at radius 3 is 2.90 bits per heavy atom. The number of aromatic nitrogens is 1. The number of fused-ring (bicyclic) bond motifs is 3.